The molecule has 0 saturated heterocycles. The second kappa shape index (κ2) is 8.26. The van der Waals surface area contributed by atoms with Crippen LogP contribution in [0.25, 0.3) is 0 Å². The van der Waals surface area contributed by atoms with Gasteiger partial charge in [0, 0.05) is 25.1 Å². The maximum atomic E-state index is 11.8. The molecule has 5 N–H and O–H groups in total. The van der Waals surface area contributed by atoms with Crippen LogP contribution in [0.5, 0.6) is 0 Å². The average molecular weight is 263 g/mol. The topological polar surface area (TPSA) is 98.2 Å². The Kier molecular flexibility index (Phi) is 6.60. The Hall–Kier alpha value is -1.88. The monoisotopic (exact) mass is 263 g/mol. The molecule has 0 aliphatic rings. The minimum atomic E-state index is -0.274. The van der Waals surface area contributed by atoms with Crippen LogP contribution in [0.3, 0.4) is 0 Å². The first-order valence-corrected chi connectivity index (χ1v) is 6.49. The van der Waals surface area contributed by atoms with Gasteiger partial charge in [-0.2, -0.15) is 0 Å². The van der Waals surface area contributed by atoms with E-state index in [2.05, 4.69) is 5.32 Å². The van der Waals surface area contributed by atoms with Crippen molar-refractivity contribution in [3.05, 3.63) is 35.4 Å². The van der Waals surface area contributed by atoms with E-state index in [1.54, 1.807) is 12.1 Å². The second-order valence-corrected chi connectivity index (χ2v) is 4.43. The molecule has 0 atom stereocenters. The van der Waals surface area contributed by atoms with Gasteiger partial charge < -0.3 is 16.8 Å². The maximum Gasteiger partial charge on any atom is 0.251 e. The molecule has 5 heteroatoms. The fraction of sp³-hybridized carbons (Fsp3) is 0.429. The summed E-state index contributed by atoms with van der Waals surface area (Å²) in [6.45, 7) is 1.08. The standard InChI is InChI=1S/C14H21N3O2/c15-10-11-5-7-12(8-6-11)14(19)17-9-3-1-2-4-13(16)18/h5-8H,1-4,9-10,15H2,(H2,16,18)(H,17,19). The summed E-state index contributed by atoms with van der Waals surface area (Å²) in [7, 11) is 0. The molecule has 1 aromatic carbocycles. The van der Waals surface area contributed by atoms with Crippen molar-refractivity contribution in [2.45, 2.75) is 32.2 Å². The van der Waals surface area contributed by atoms with Crippen molar-refractivity contribution >= 4 is 11.8 Å². The van der Waals surface area contributed by atoms with Gasteiger partial charge in [-0.15, -0.1) is 0 Å². The van der Waals surface area contributed by atoms with Crippen molar-refractivity contribution in [1.82, 2.24) is 5.32 Å². The fourth-order valence-corrected chi connectivity index (χ4v) is 1.70. The van der Waals surface area contributed by atoms with Crippen LogP contribution in [0, 0.1) is 0 Å². The number of nitrogens with two attached hydrogens (primary N) is 2. The number of carbonyl (C=O) groups excluding carboxylic acids is 2. The van der Waals surface area contributed by atoms with E-state index in [9.17, 15) is 9.59 Å². The molecular formula is C14H21N3O2. The van der Waals surface area contributed by atoms with Crippen LogP contribution < -0.4 is 16.8 Å². The van der Waals surface area contributed by atoms with Crippen LogP contribution in [-0.2, 0) is 11.3 Å². The molecule has 104 valence electrons. The molecule has 0 unspecified atom stereocenters. The van der Waals surface area contributed by atoms with E-state index in [4.69, 9.17) is 11.5 Å². The normalized spacial score (nSPS) is 10.2. The smallest absolute Gasteiger partial charge is 0.251 e. The highest BCUT2D eigenvalue weighted by atomic mass is 16.1. The molecule has 0 radical (unpaired) electrons. The number of benzene rings is 1. The van der Waals surface area contributed by atoms with Gasteiger partial charge in [0.15, 0.2) is 0 Å². The summed E-state index contributed by atoms with van der Waals surface area (Å²) in [6, 6.07) is 7.23. The highest BCUT2D eigenvalue weighted by Gasteiger charge is 2.04. The van der Waals surface area contributed by atoms with Crippen LogP contribution >= 0.6 is 0 Å². The van der Waals surface area contributed by atoms with E-state index in [0.717, 1.165) is 24.8 Å². The third-order valence-corrected chi connectivity index (χ3v) is 2.84. The van der Waals surface area contributed by atoms with Crippen molar-refractivity contribution in [2.75, 3.05) is 6.54 Å². The number of carbonyl (C=O) groups is 2. The van der Waals surface area contributed by atoms with Gasteiger partial charge in [0.2, 0.25) is 5.91 Å². The summed E-state index contributed by atoms with van der Waals surface area (Å²) in [5, 5.41) is 2.84. The van der Waals surface area contributed by atoms with Crippen molar-refractivity contribution in [3.63, 3.8) is 0 Å². The zero-order valence-corrected chi connectivity index (χ0v) is 11.0. The molecule has 1 aromatic rings. The van der Waals surface area contributed by atoms with E-state index in [1.165, 1.54) is 0 Å². The van der Waals surface area contributed by atoms with Crippen molar-refractivity contribution in [2.24, 2.45) is 11.5 Å². The van der Waals surface area contributed by atoms with Gasteiger partial charge in [-0.25, -0.2) is 0 Å². The van der Waals surface area contributed by atoms with Crippen molar-refractivity contribution < 1.29 is 9.59 Å². The molecule has 0 bridgehead atoms. The van der Waals surface area contributed by atoms with Gasteiger partial charge in [-0.1, -0.05) is 18.6 Å². The van der Waals surface area contributed by atoms with Gasteiger partial charge in [0.25, 0.3) is 5.91 Å². The largest absolute Gasteiger partial charge is 0.370 e. The quantitative estimate of drug-likeness (QED) is 0.608. The number of unbranched alkanes of at least 4 members (excludes halogenated alkanes) is 2. The molecule has 0 spiro atoms. The second-order valence-electron chi connectivity index (χ2n) is 4.43. The summed E-state index contributed by atoms with van der Waals surface area (Å²) in [5.41, 5.74) is 12.2. The van der Waals surface area contributed by atoms with Crippen LogP contribution in [-0.4, -0.2) is 18.4 Å². The molecule has 0 aromatic heterocycles. The molecule has 0 aliphatic carbocycles. The summed E-state index contributed by atoms with van der Waals surface area (Å²) in [5.74, 6) is -0.359. The SMILES string of the molecule is NCc1ccc(C(=O)NCCCCCC(N)=O)cc1. The number of amides is 2. The highest BCUT2D eigenvalue weighted by molar-refractivity contribution is 5.94. The minimum Gasteiger partial charge on any atom is -0.370 e. The lowest BCUT2D eigenvalue weighted by Gasteiger charge is -2.05. The summed E-state index contributed by atoms with van der Waals surface area (Å²) in [6.07, 6.45) is 2.92. The number of primary amides is 1. The number of rotatable bonds is 8. The van der Waals surface area contributed by atoms with Crippen LogP contribution in [0.4, 0.5) is 0 Å². The average Bonchev–Trinajstić information content (AvgIpc) is 2.42. The summed E-state index contributed by atoms with van der Waals surface area (Å²) >= 11 is 0. The first kappa shape index (κ1) is 15.2. The summed E-state index contributed by atoms with van der Waals surface area (Å²) in [4.78, 5) is 22.3. The Morgan fingerprint density at radius 3 is 2.32 bits per heavy atom. The zero-order valence-electron chi connectivity index (χ0n) is 11.0. The number of nitrogens with one attached hydrogen (secondary N) is 1. The molecule has 2 amide bonds. The Labute approximate surface area is 113 Å². The lowest BCUT2D eigenvalue weighted by atomic mass is 10.1. The molecule has 0 saturated carbocycles. The molecule has 0 aliphatic heterocycles. The van der Waals surface area contributed by atoms with E-state index in [1.807, 2.05) is 12.1 Å². The lowest BCUT2D eigenvalue weighted by Crippen LogP contribution is -2.24. The van der Waals surface area contributed by atoms with E-state index < -0.39 is 0 Å². The lowest BCUT2D eigenvalue weighted by molar-refractivity contribution is -0.118. The number of hydrogen-bond acceptors (Lipinski definition) is 3. The Morgan fingerprint density at radius 2 is 1.74 bits per heavy atom. The third-order valence-electron chi connectivity index (χ3n) is 2.84. The van der Waals surface area contributed by atoms with Gasteiger partial charge in [-0.05, 0) is 30.5 Å². The maximum absolute atomic E-state index is 11.8. The first-order chi connectivity index (χ1) is 9.13. The minimum absolute atomic E-state index is 0.0847. The highest BCUT2D eigenvalue weighted by Crippen LogP contribution is 2.04. The fourth-order valence-electron chi connectivity index (χ4n) is 1.70. The van der Waals surface area contributed by atoms with Gasteiger partial charge >= 0.3 is 0 Å². The van der Waals surface area contributed by atoms with Crippen LogP contribution in [0.15, 0.2) is 24.3 Å². The molecular weight excluding hydrogens is 242 g/mol. The molecule has 19 heavy (non-hydrogen) atoms. The van der Waals surface area contributed by atoms with Crippen molar-refractivity contribution in [3.8, 4) is 0 Å². The Bertz CT molecular complexity index is 415. The van der Waals surface area contributed by atoms with E-state index in [0.29, 0.717) is 25.1 Å². The van der Waals surface area contributed by atoms with Gasteiger partial charge in [-0.3, -0.25) is 9.59 Å². The first-order valence-electron chi connectivity index (χ1n) is 6.49. The predicted molar refractivity (Wildman–Crippen MR) is 74.3 cm³/mol. The van der Waals surface area contributed by atoms with Gasteiger partial charge in [0.05, 0.1) is 0 Å². The molecule has 5 nitrogen and oxygen atoms in total. The van der Waals surface area contributed by atoms with E-state index in [-0.39, 0.29) is 11.8 Å². The van der Waals surface area contributed by atoms with Crippen LogP contribution in [0.2, 0.25) is 0 Å². The van der Waals surface area contributed by atoms with Crippen LogP contribution in [0.1, 0.15) is 41.6 Å². The Morgan fingerprint density at radius 1 is 1.05 bits per heavy atom. The van der Waals surface area contributed by atoms with Gasteiger partial charge in [0.1, 0.15) is 0 Å². The van der Waals surface area contributed by atoms with E-state index >= 15 is 0 Å². The number of hydrogen-bond donors (Lipinski definition) is 3. The third kappa shape index (κ3) is 6.01. The molecule has 1 rings (SSSR count). The zero-order chi connectivity index (χ0) is 14.1. The predicted octanol–water partition coefficient (Wildman–Crippen LogP) is 0.921. The summed E-state index contributed by atoms with van der Waals surface area (Å²) < 4.78 is 0. The molecule has 0 heterocycles. The Balaban J connectivity index is 2.21. The molecule has 0 fully saturated rings. The van der Waals surface area contributed by atoms with Crippen molar-refractivity contribution in [1.29, 1.82) is 0 Å².